The molecule has 10 nitrogen and oxygen atoms in total. The van der Waals surface area contributed by atoms with Gasteiger partial charge < -0.3 is 10.6 Å². The predicted molar refractivity (Wildman–Crippen MR) is 126 cm³/mol. The molecule has 10 heteroatoms. The molecule has 0 aliphatic heterocycles. The van der Waals surface area contributed by atoms with Gasteiger partial charge in [0, 0.05) is 35.6 Å². The minimum atomic E-state index is -0.489. The lowest BCUT2D eigenvalue weighted by Crippen LogP contribution is -2.38. The summed E-state index contributed by atoms with van der Waals surface area (Å²) >= 11 is 0. The first-order valence-electron chi connectivity index (χ1n) is 11.4. The summed E-state index contributed by atoms with van der Waals surface area (Å²) in [5, 5.41) is 17.4. The summed E-state index contributed by atoms with van der Waals surface area (Å²) in [5.41, 5.74) is 9.43. The maximum Gasteiger partial charge on any atom is 0.248 e. The molecule has 0 spiro atoms. The number of nitrogens with two attached hydrogens (primary N) is 1. The number of carbonyl (C=O) groups is 1. The monoisotopic (exact) mass is 447 g/mol. The third-order valence-corrected chi connectivity index (χ3v) is 6.58. The average Bonchev–Trinajstić information content (AvgIpc) is 3.48. The molecule has 3 N–H and O–H groups in total. The Labute approximate surface area is 191 Å². The van der Waals surface area contributed by atoms with Crippen LogP contribution in [0.4, 0.5) is 0 Å². The van der Waals surface area contributed by atoms with E-state index < -0.39 is 5.91 Å². The lowest BCUT2D eigenvalue weighted by atomic mass is 9.92. The van der Waals surface area contributed by atoms with Crippen LogP contribution in [0, 0.1) is 6.92 Å². The molecule has 5 rings (SSSR count). The highest BCUT2D eigenvalue weighted by Gasteiger charge is 2.22. The van der Waals surface area contributed by atoms with Crippen LogP contribution in [-0.2, 0) is 13.1 Å². The Morgan fingerprint density at radius 1 is 1.27 bits per heavy atom. The van der Waals surface area contributed by atoms with E-state index in [0.717, 1.165) is 47.5 Å². The maximum atomic E-state index is 12.1. The molecule has 1 fully saturated rings. The summed E-state index contributed by atoms with van der Waals surface area (Å²) < 4.78 is 3.81. The predicted octanol–water partition coefficient (Wildman–Crippen LogP) is 2.60. The molecule has 0 bridgehead atoms. The van der Waals surface area contributed by atoms with E-state index in [1.54, 1.807) is 6.07 Å². The number of likely N-dealkylation sites (N-methyl/N-ethyl adjacent to an activating group) is 1. The van der Waals surface area contributed by atoms with Crippen LogP contribution in [0.5, 0.6) is 0 Å². The molecule has 0 unspecified atom stereocenters. The third kappa shape index (κ3) is 3.91. The van der Waals surface area contributed by atoms with Gasteiger partial charge in [0.05, 0.1) is 24.0 Å². The molecule has 1 aromatic carbocycles. The summed E-state index contributed by atoms with van der Waals surface area (Å²) in [6.07, 6.45) is 5.65. The van der Waals surface area contributed by atoms with Crippen LogP contribution in [-0.4, -0.2) is 65.2 Å². The highest BCUT2D eigenvalue weighted by atomic mass is 16.1. The van der Waals surface area contributed by atoms with Crippen molar-refractivity contribution in [3.63, 3.8) is 0 Å². The Kier molecular flexibility index (Phi) is 5.45. The number of hydrogen-bond donors (Lipinski definition) is 2. The molecule has 172 valence electrons. The zero-order chi connectivity index (χ0) is 23.1. The summed E-state index contributed by atoms with van der Waals surface area (Å²) in [6.45, 7) is 6.32. The quantitative estimate of drug-likeness (QED) is 0.428. The number of benzene rings is 1. The second-order valence-corrected chi connectivity index (χ2v) is 8.75. The van der Waals surface area contributed by atoms with Gasteiger partial charge in [0.1, 0.15) is 5.69 Å². The normalized spacial score (nSPS) is 14.3. The number of nitrogens with zero attached hydrogens (tertiary/aromatic N) is 7. The number of rotatable bonds is 8. The molecule has 0 radical (unpaired) electrons. The van der Waals surface area contributed by atoms with E-state index in [0.29, 0.717) is 23.3 Å². The first-order chi connectivity index (χ1) is 15.9. The topological polar surface area (TPSA) is 124 Å². The Balaban J connectivity index is 1.52. The van der Waals surface area contributed by atoms with Gasteiger partial charge in [-0.05, 0) is 51.9 Å². The van der Waals surface area contributed by atoms with Crippen molar-refractivity contribution in [2.24, 2.45) is 5.73 Å². The highest BCUT2D eigenvalue weighted by molar-refractivity contribution is 6.02. The molecule has 1 aliphatic rings. The molecular formula is C23H29N9O. The number of carbonyl (C=O) groups excluding carboxylic acids is 1. The zero-order valence-corrected chi connectivity index (χ0v) is 19.2. The van der Waals surface area contributed by atoms with Gasteiger partial charge in [-0.3, -0.25) is 19.3 Å². The van der Waals surface area contributed by atoms with Crippen molar-refractivity contribution in [3.05, 3.63) is 35.7 Å². The zero-order valence-electron chi connectivity index (χ0n) is 19.2. The van der Waals surface area contributed by atoms with Crippen LogP contribution in [0.3, 0.4) is 0 Å². The fourth-order valence-corrected chi connectivity index (χ4v) is 4.42. The molecule has 1 saturated carbocycles. The first-order valence-corrected chi connectivity index (χ1v) is 11.4. The van der Waals surface area contributed by atoms with E-state index in [1.165, 1.54) is 19.3 Å². The van der Waals surface area contributed by atoms with Crippen molar-refractivity contribution in [1.82, 2.24) is 39.6 Å². The van der Waals surface area contributed by atoms with E-state index in [1.807, 2.05) is 41.5 Å². The number of aromatic nitrogens is 7. The van der Waals surface area contributed by atoms with E-state index in [9.17, 15) is 4.79 Å². The number of amides is 1. The van der Waals surface area contributed by atoms with Crippen LogP contribution in [0.1, 0.15) is 42.2 Å². The molecule has 0 saturated heterocycles. The molecule has 33 heavy (non-hydrogen) atoms. The minimum Gasteiger partial charge on any atom is -0.366 e. The smallest absolute Gasteiger partial charge is 0.248 e. The van der Waals surface area contributed by atoms with E-state index in [2.05, 4.69) is 32.3 Å². The Morgan fingerprint density at radius 2 is 2.09 bits per heavy atom. The summed E-state index contributed by atoms with van der Waals surface area (Å²) in [6, 6.07) is 6.19. The van der Waals surface area contributed by atoms with Gasteiger partial charge in [-0.2, -0.15) is 15.3 Å². The van der Waals surface area contributed by atoms with Gasteiger partial charge >= 0.3 is 0 Å². The van der Waals surface area contributed by atoms with Crippen molar-refractivity contribution in [2.75, 3.05) is 13.6 Å². The molecule has 3 aromatic heterocycles. The van der Waals surface area contributed by atoms with Gasteiger partial charge in [-0.25, -0.2) is 4.98 Å². The van der Waals surface area contributed by atoms with E-state index in [4.69, 9.17) is 10.7 Å². The molecular weight excluding hydrogens is 418 g/mol. The van der Waals surface area contributed by atoms with E-state index >= 15 is 0 Å². The lowest BCUT2D eigenvalue weighted by Gasteiger charge is -2.34. The summed E-state index contributed by atoms with van der Waals surface area (Å²) in [4.78, 5) is 19.2. The van der Waals surface area contributed by atoms with Crippen LogP contribution in [0.15, 0.2) is 24.4 Å². The Hall–Kier alpha value is -3.53. The van der Waals surface area contributed by atoms with Crippen LogP contribution >= 0.6 is 0 Å². The number of primary amides is 1. The van der Waals surface area contributed by atoms with Crippen LogP contribution in [0.2, 0.25) is 0 Å². The fraction of sp³-hybridized carbons (Fsp3) is 0.435. The first kappa shape index (κ1) is 21.3. The average molecular weight is 448 g/mol. The van der Waals surface area contributed by atoms with Gasteiger partial charge in [-0.1, -0.05) is 6.42 Å². The van der Waals surface area contributed by atoms with E-state index in [-0.39, 0.29) is 0 Å². The van der Waals surface area contributed by atoms with Crippen molar-refractivity contribution < 1.29 is 4.79 Å². The van der Waals surface area contributed by atoms with Crippen LogP contribution in [0.25, 0.3) is 33.8 Å². The third-order valence-electron chi connectivity index (χ3n) is 6.58. The number of nitrogens with one attached hydrogen (secondary N) is 1. The SMILES string of the molecule is CCn1nc(C)cc1-c1n[nH]c(-c2cc(C(N)=O)cc3c2cnn3CCN(C)C2CCC2)n1. The maximum absolute atomic E-state index is 12.1. The number of aromatic amines is 1. The van der Waals surface area contributed by atoms with Crippen molar-refractivity contribution in [3.8, 4) is 22.9 Å². The number of H-pyrrole nitrogens is 1. The second kappa shape index (κ2) is 8.43. The largest absolute Gasteiger partial charge is 0.366 e. The van der Waals surface area contributed by atoms with Gasteiger partial charge in [0.2, 0.25) is 5.91 Å². The number of aryl methyl sites for hydroxylation is 2. The van der Waals surface area contributed by atoms with Gasteiger partial charge in [-0.15, -0.1) is 0 Å². The number of hydrogen-bond acceptors (Lipinski definition) is 6. The van der Waals surface area contributed by atoms with Crippen molar-refractivity contribution in [1.29, 1.82) is 0 Å². The minimum absolute atomic E-state index is 0.416. The van der Waals surface area contributed by atoms with Gasteiger partial charge in [0.15, 0.2) is 11.6 Å². The van der Waals surface area contributed by atoms with Crippen molar-refractivity contribution >= 4 is 16.8 Å². The summed E-state index contributed by atoms with van der Waals surface area (Å²) in [7, 11) is 2.16. The molecule has 4 aromatic rings. The molecule has 3 heterocycles. The lowest BCUT2D eigenvalue weighted by molar-refractivity contribution is 0.100. The number of fused-ring (bicyclic) bond motifs is 1. The Bertz CT molecular complexity index is 1310. The fourth-order valence-electron chi connectivity index (χ4n) is 4.42. The van der Waals surface area contributed by atoms with Crippen LogP contribution < -0.4 is 5.73 Å². The van der Waals surface area contributed by atoms with Crippen molar-refractivity contribution in [2.45, 2.75) is 52.2 Å². The van der Waals surface area contributed by atoms with Gasteiger partial charge in [0.25, 0.3) is 0 Å². The standard InChI is InChI=1S/C23H29N9O/c1-4-31-20(10-14(2)29-31)23-26-22(27-28-23)17-11-15(21(24)33)12-19-18(17)13-25-32(19)9-8-30(3)16-6-5-7-16/h10-13,16H,4-9H2,1-3H3,(H2,24,33)(H,26,27,28). The molecule has 0 atom stereocenters. The summed E-state index contributed by atoms with van der Waals surface area (Å²) in [5.74, 6) is 0.627. The molecule has 1 aliphatic carbocycles. The Morgan fingerprint density at radius 3 is 2.79 bits per heavy atom. The highest BCUT2D eigenvalue weighted by Crippen LogP contribution is 2.30. The second-order valence-electron chi connectivity index (χ2n) is 8.75. The molecule has 1 amide bonds.